The van der Waals surface area contributed by atoms with Gasteiger partial charge in [0, 0.05) is 17.1 Å². The van der Waals surface area contributed by atoms with Crippen molar-refractivity contribution in [2.75, 3.05) is 5.01 Å². The Kier molecular flexibility index (Phi) is 2.18. The number of rotatable bonds is 1. The minimum absolute atomic E-state index is 0.00867. The van der Waals surface area contributed by atoms with Crippen molar-refractivity contribution in [1.29, 1.82) is 0 Å². The Morgan fingerprint density at radius 1 is 1.15 bits per heavy atom. The van der Waals surface area contributed by atoms with Crippen LogP contribution in [0.25, 0.3) is 11.0 Å². The lowest BCUT2D eigenvalue weighted by Gasteiger charge is -2.17. The molecular weight excluding hydrogens is 252 g/mol. The molecule has 0 aliphatic carbocycles. The Balaban J connectivity index is 1.86. The summed E-state index contributed by atoms with van der Waals surface area (Å²) < 4.78 is 1.81. The normalized spacial score (nSPS) is 14.1. The van der Waals surface area contributed by atoms with Gasteiger partial charge in [-0.3, -0.25) is 4.79 Å². The summed E-state index contributed by atoms with van der Waals surface area (Å²) in [7, 11) is 0. The first-order valence-corrected chi connectivity index (χ1v) is 6.44. The van der Waals surface area contributed by atoms with Crippen LogP contribution < -0.4 is 5.01 Å². The highest BCUT2D eigenvalue weighted by molar-refractivity contribution is 6.06. The lowest BCUT2D eigenvalue weighted by molar-refractivity contribution is 0.0971. The number of aromatic nitrogens is 3. The predicted molar refractivity (Wildman–Crippen MR) is 75.0 cm³/mol. The van der Waals surface area contributed by atoms with Gasteiger partial charge in [0.15, 0.2) is 5.65 Å². The van der Waals surface area contributed by atoms with Crippen molar-refractivity contribution >= 4 is 16.9 Å². The van der Waals surface area contributed by atoms with Gasteiger partial charge in [-0.25, -0.2) is 19.7 Å². The molecule has 0 saturated heterocycles. The van der Waals surface area contributed by atoms with Crippen LogP contribution in [0, 0.1) is 6.92 Å². The number of carbonyl (C=O) groups is 1. The third-order valence-corrected chi connectivity index (χ3v) is 3.72. The molecule has 2 aromatic heterocycles. The first-order valence-electron chi connectivity index (χ1n) is 6.44. The highest BCUT2D eigenvalue weighted by Crippen LogP contribution is 2.24. The van der Waals surface area contributed by atoms with E-state index >= 15 is 0 Å². The van der Waals surface area contributed by atoms with E-state index in [4.69, 9.17) is 0 Å². The van der Waals surface area contributed by atoms with Crippen LogP contribution >= 0.6 is 0 Å². The molecule has 0 fully saturated rings. The second kappa shape index (κ2) is 3.90. The molecule has 4 rings (SSSR count). The summed E-state index contributed by atoms with van der Waals surface area (Å²) in [5.74, 6) is 0.00867. The zero-order valence-corrected chi connectivity index (χ0v) is 10.9. The van der Waals surface area contributed by atoms with Gasteiger partial charge in [0.05, 0.1) is 12.2 Å². The van der Waals surface area contributed by atoms with Gasteiger partial charge >= 0.3 is 0 Å². The molecule has 0 atom stereocenters. The van der Waals surface area contributed by atoms with Crippen molar-refractivity contribution in [2.45, 2.75) is 13.5 Å². The van der Waals surface area contributed by atoms with Crippen molar-refractivity contribution < 1.29 is 4.79 Å². The maximum atomic E-state index is 12.5. The Morgan fingerprint density at radius 2 is 2.00 bits per heavy atom. The van der Waals surface area contributed by atoms with Gasteiger partial charge in [0.2, 0.25) is 0 Å². The average molecular weight is 264 g/mol. The fourth-order valence-electron chi connectivity index (χ4n) is 2.67. The number of hydrogen-bond acceptors (Lipinski definition) is 3. The molecule has 0 bridgehead atoms. The van der Waals surface area contributed by atoms with Gasteiger partial charge in [-0.15, -0.1) is 0 Å². The second-order valence-electron chi connectivity index (χ2n) is 4.88. The van der Waals surface area contributed by atoms with Crippen molar-refractivity contribution in [3.05, 3.63) is 59.7 Å². The number of fused-ring (bicyclic) bond motifs is 2. The standard InChI is InChI=1S/C15H12N4O/c1-10-12-6-7-18(14(12)17-9-16-10)19-8-11-4-2-3-5-13(11)15(19)20/h2-7,9H,8H2,1H3. The number of benzene rings is 1. The van der Waals surface area contributed by atoms with E-state index in [1.807, 2.05) is 48.1 Å². The number of nitrogens with zero attached hydrogens (tertiary/aromatic N) is 4. The molecule has 98 valence electrons. The molecule has 0 unspecified atom stereocenters. The highest BCUT2D eigenvalue weighted by atomic mass is 16.2. The van der Waals surface area contributed by atoms with E-state index < -0.39 is 0 Å². The zero-order valence-electron chi connectivity index (χ0n) is 10.9. The molecule has 0 saturated carbocycles. The molecule has 3 aromatic rings. The van der Waals surface area contributed by atoms with Crippen molar-refractivity contribution in [3.8, 4) is 0 Å². The van der Waals surface area contributed by atoms with Gasteiger partial charge in [0.1, 0.15) is 6.33 Å². The fraction of sp³-hybridized carbons (Fsp3) is 0.133. The van der Waals surface area contributed by atoms with Crippen molar-refractivity contribution in [1.82, 2.24) is 14.6 Å². The first kappa shape index (κ1) is 11.2. The Hall–Kier alpha value is -2.69. The fourth-order valence-corrected chi connectivity index (χ4v) is 2.67. The molecule has 0 N–H and O–H groups in total. The molecule has 0 radical (unpaired) electrons. The Morgan fingerprint density at radius 3 is 2.85 bits per heavy atom. The summed E-state index contributed by atoms with van der Waals surface area (Å²) in [6, 6.07) is 9.64. The molecular formula is C15H12N4O. The van der Waals surface area contributed by atoms with Crippen LogP contribution in [-0.4, -0.2) is 20.6 Å². The minimum atomic E-state index is 0.00867. The monoisotopic (exact) mass is 264 g/mol. The van der Waals surface area contributed by atoms with E-state index in [1.54, 1.807) is 5.01 Å². The number of amides is 1. The molecule has 5 heteroatoms. The quantitative estimate of drug-likeness (QED) is 0.675. The van der Waals surface area contributed by atoms with Crippen LogP contribution in [0.2, 0.25) is 0 Å². The molecule has 1 amide bonds. The summed E-state index contributed by atoms with van der Waals surface area (Å²) in [5.41, 5.74) is 3.49. The minimum Gasteiger partial charge on any atom is -0.267 e. The zero-order chi connectivity index (χ0) is 13.7. The third-order valence-electron chi connectivity index (χ3n) is 3.72. The highest BCUT2D eigenvalue weighted by Gasteiger charge is 2.29. The lowest BCUT2D eigenvalue weighted by Crippen LogP contribution is -2.34. The van der Waals surface area contributed by atoms with Crippen LogP contribution in [0.3, 0.4) is 0 Å². The Bertz CT molecular complexity index is 837. The Labute approximate surface area is 115 Å². The van der Waals surface area contributed by atoms with Gasteiger partial charge in [-0.2, -0.15) is 0 Å². The number of aryl methyl sites for hydroxylation is 1. The van der Waals surface area contributed by atoms with E-state index in [1.165, 1.54) is 6.33 Å². The summed E-state index contributed by atoms with van der Waals surface area (Å²) in [6.07, 6.45) is 3.40. The van der Waals surface area contributed by atoms with Gasteiger partial charge in [-0.1, -0.05) is 18.2 Å². The molecule has 20 heavy (non-hydrogen) atoms. The maximum Gasteiger partial charge on any atom is 0.273 e. The SMILES string of the molecule is Cc1ncnc2c1ccn2N1Cc2ccccc2C1=O. The topological polar surface area (TPSA) is 51.0 Å². The van der Waals surface area contributed by atoms with Crippen LogP contribution in [0.15, 0.2) is 42.9 Å². The van der Waals surface area contributed by atoms with E-state index in [0.717, 1.165) is 27.9 Å². The van der Waals surface area contributed by atoms with E-state index in [2.05, 4.69) is 9.97 Å². The second-order valence-corrected chi connectivity index (χ2v) is 4.88. The molecule has 1 aromatic carbocycles. The lowest BCUT2D eigenvalue weighted by atomic mass is 10.1. The van der Waals surface area contributed by atoms with Crippen LogP contribution in [0.1, 0.15) is 21.6 Å². The summed E-state index contributed by atoms with van der Waals surface area (Å²) in [6.45, 7) is 2.51. The van der Waals surface area contributed by atoms with Gasteiger partial charge < -0.3 is 0 Å². The third kappa shape index (κ3) is 1.40. The summed E-state index contributed by atoms with van der Waals surface area (Å²) >= 11 is 0. The van der Waals surface area contributed by atoms with Crippen molar-refractivity contribution in [2.24, 2.45) is 0 Å². The van der Waals surface area contributed by atoms with Crippen LogP contribution in [0.5, 0.6) is 0 Å². The van der Waals surface area contributed by atoms with E-state index in [-0.39, 0.29) is 5.91 Å². The first-order chi connectivity index (χ1) is 9.75. The van der Waals surface area contributed by atoms with Gasteiger partial charge in [0.25, 0.3) is 5.91 Å². The van der Waals surface area contributed by atoms with E-state index in [0.29, 0.717) is 6.54 Å². The number of carbonyl (C=O) groups excluding carboxylic acids is 1. The number of hydrogen-bond donors (Lipinski definition) is 0. The van der Waals surface area contributed by atoms with Gasteiger partial charge in [-0.05, 0) is 24.6 Å². The maximum absolute atomic E-state index is 12.5. The molecule has 0 spiro atoms. The largest absolute Gasteiger partial charge is 0.273 e. The van der Waals surface area contributed by atoms with E-state index in [9.17, 15) is 4.79 Å². The average Bonchev–Trinajstić information content (AvgIpc) is 3.02. The van der Waals surface area contributed by atoms with Crippen LogP contribution in [0.4, 0.5) is 0 Å². The molecule has 5 nitrogen and oxygen atoms in total. The molecule has 3 heterocycles. The summed E-state index contributed by atoms with van der Waals surface area (Å²) in [5, 5.41) is 2.68. The summed E-state index contributed by atoms with van der Waals surface area (Å²) in [4.78, 5) is 21.0. The molecule has 1 aliphatic rings. The molecule has 1 aliphatic heterocycles. The van der Waals surface area contributed by atoms with Crippen molar-refractivity contribution in [3.63, 3.8) is 0 Å². The van der Waals surface area contributed by atoms with Crippen LogP contribution in [-0.2, 0) is 6.54 Å². The predicted octanol–water partition coefficient (Wildman–Crippen LogP) is 2.03. The smallest absolute Gasteiger partial charge is 0.267 e.